The molecule has 0 aromatic heterocycles. The zero-order valence-electron chi connectivity index (χ0n) is 12.0. The van der Waals surface area contributed by atoms with Crippen molar-refractivity contribution in [2.45, 2.75) is 0 Å². The minimum Gasteiger partial charge on any atom is -0.343 e. The highest BCUT2D eigenvalue weighted by Crippen LogP contribution is 2.32. The summed E-state index contributed by atoms with van der Waals surface area (Å²) in [6.45, 7) is -0.209. The fourth-order valence-electron chi connectivity index (χ4n) is 1.74. The van der Waals surface area contributed by atoms with Gasteiger partial charge < -0.3 is 5.32 Å². The predicted molar refractivity (Wildman–Crippen MR) is 105 cm³/mol. The molecule has 0 spiro atoms. The predicted octanol–water partition coefficient (Wildman–Crippen LogP) is 4.12. The maximum atomic E-state index is 12.0. The number of amides is 2. The van der Waals surface area contributed by atoms with Crippen LogP contribution < -0.4 is 16.2 Å². The summed E-state index contributed by atoms with van der Waals surface area (Å²) < 4.78 is 0.797. The highest BCUT2D eigenvalue weighted by molar-refractivity contribution is 14.1. The van der Waals surface area contributed by atoms with E-state index in [0.29, 0.717) is 16.3 Å². The van der Waals surface area contributed by atoms with Gasteiger partial charge in [0.25, 0.3) is 11.8 Å². The van der Waals surface area contributed by atoms with Crippen LogP contribution in [0.25, 0.3) is 0 Å². The van der Waals surface area contributed by atoms with Crippen LogP contribution in [0.2, 0.25) is 15.1 Å². The molecular formula is C15H11Cl3IN3O2. The zero-order valence-corrected chi connectivity index (χ0v) is 16.4. The fourth-order valence-corrected chi connectivity index (χ4v) is 3.28. The van der Waals surface area contributed by atoms with Crippen molar-refractivity contribution in [3.63, 3.8) is 0 Å². The van der Waals surface area contributed by atoms with E-state index in [2.05, 4.69) is 38.8 Å². The normalized spacial score (nSPS) is 10.2. The van der Waals surface area contributed by atoms with Crippen molar-refractivity contribution >= 4 is 74.9 Å². The van der Waals surface area contributed by atoms with Crippen LogP contribution in [0.5, 0.6) is 0 Å². The van der Waals surface area contributed by atoms with Crippen molar-refractivity contribution in [3.8, 4) is 0 Å². The third-order valence-electron chi connectivity index (χ3n) is 2.86. The maximum Gasteiger partial charge on any atom is 0.257 e. The molecule has 3 N–H and O–H groups in total. The number of benzene rings is 2. The first-order chi connectivity index (χ1) is 11.4. The maximum absolute atomic E-state index is 12.0. The van der Waals surface area contributed by atoms with Crippen LogP contribution in [0, 0.1) is 3.57 Å². The summed E-state index contributed by atoms with van der Waals surface area (Å²) in [6.07, 6.45) is 0. The molecule has 0 atom stereocenters. The van der Waals surface area contributed by atoms with E-state index < -0.39 is 5.91 Å². The minimum absolute atomic E-state index is 0.209. The molecule has 0 unspecified atom stereocenters. The summed E-state index contributed by atoms with van der Waals surface area (Å²) in [5.74, 6) is -0.797. The number of halogens is 4. The van der Waals surface area contributed by atoms with Crippen LogP contribution in [0.4, 0.5) is 5.69 Å². The standard InChI is InChI=1S/C15H11Cl3IN3O2/c16-8-5-10(17)14(11(18)6-8)22-21-13(23)7-20-15(24)9-3-1-2-4-12(9)19/h1-6,22H,7H2,(H,20,24)(H,21,23). The fraction of sp³-hybridized carbons (Fsp3) is 0.0667. The van der Waals surface area contributed by atoms with E-state index in [1.807, 2.05) is 12.1 Å². The number of hydrogen-bond donors (Lipinski definition) is 3. The molecule has 0 saturated heterocycles. The molecule has 2 aromatic carbocycles. The van der Waals surface area contributed by atoms with E-state index in [1.165, 1.54) is 12.1 Å². The van der Waals surface area contributed by atoms with Crippen molar-refractivity contribution in [1.29, 1.82) is 0 Å². The lowest BCUT2D eigenvalue weighted by atomic mass is 10.2. The summed E-state index contributed by atoms with van der Waals surface area (Å²) in [5.41, 5.74) is 5.83. The Kier molecular flexibility index (Phi) is 6.97. The average Bonchev–Trinajstić information content (AvgIpc) is 2.52. The summed E-state index contributed by atoms with van der Waals surface area (Å²) in [6, 6.07) is 10.0. The van der Waals surface area contributed by atoms with Gasteiger partial charge in [-0.15, -0.1) is 0 Å². The van der Waals surface area contributed by atoms with Gasteiger partial charge in [-0.2, -0.15) is 0 Å². The number of carbonyl (C=O) groups excluding carboxylic acids is 2. The molecule has 2 rings (SSSR count). The lowest BCUT2D eigenvalue weighted by molar-refractivity contribution is -0.119. The summed E-state index contributed by atoms with van der Waals surface area (Å²) >= 11 is 19.8. The van der Waals surface area contributed by atoms with Crippen LogP contribution in [-0.4, -0.2) is 18.4 Å². The van der Waals surface area contributed by atoms with Crippen LogP contribution >= 0.6 is 57.4 Å². The molecule has 24 heavy (non-hydrogen) atoms. The van der Waals surface area contributed by atoms with E-state index in [-0.39, 0.29) is 22.5 Å². The topological polar surface area (TPSA) is 70.2 Å². The van der Waals surface area contributed by atoms with Gasteiger partial charge in [-0.05, 0) is 46.9 Å². The molecule has 0 bridgehead atoms. The van der Waals surface area contributed by atoms with Gasteiger partial charge in [0.15, 0.2) is 0 Å². The van der Waals surface area contributed by atoms with E-state index in [0.717, 1.165) is 3.57 Å². The quantitative estimate of drug-likeness (QED) is 0.429. The minimum atomic E-state index is -0.462. The van der Waals surface area contributed by atoms with Crippen LogP contribution in [0.15, 0.2) is 36.4 Å². The van der Waals surface area contributed by atoms with Gasteiger partial charge in [0, 0.05) is 8.59 Å². The third kappa shape index (κ3) is 5.14. The molecule has 0 saturated carbocycles. The highest BCUT2D eigenvalue weighted by atomic mass is 127. The number of rotatable bonds is 5. The molecular weight excluding hydrogens is 487 g/mol. The Hall–Kier alpha value is -1.22. The van der Waals surface area contributed by atoms with Gasteiger partial charge in [0.05, 0.1) is 27.8 Å². The Morgan fingerprint density at radius 1 is 1.04 bits per heavy atom. The Labute approximate surface area is 167 Å². The second kappa shape index (κ2) is 8.75. The van der Waals surface area contributed by atoms with Gasteiger partial charge in [-0.3, -0.25) is 20.4 Å². The molecule has 2 aromatic rings. The largest absolute Gasteiger partial charge is 0.343 e. The molecule has 2 amide bonds. The lowest BCUT2D eigenvalue weighted by Gasteiger charge is -2.12. The summed E-state index contributed by atoms with van der Waals surface area (Å²) in [5, 5.41) is 3.43. The Morgan fingerprint density at radius 3 is 2.29 bits per heavy atom. The first-order valence-electron chi connectivity index (χ1n) is 6.60. The molecule has 0 aliphatic rings. The lowest BCUT2D eigenvalue weighted by Crippen LogP contribution is -2.39. The average molecular weight is 499 g/mol. The monoisotopic (exact) mass is 497 g/mol. The van der Waals surface area contributed by atoms with Gasteiger partial charge >= 0.3 is 0 Å². The molecule has 5 nitrogen and oxygen atoms in total. The molecule has 126 valence electrons. The van der Waals surface area contributed by atoms with Crippen LogP contribution in [0.3, 0.4) is 0 Å². The van der Waals surface area contributed by atoms with E-state index in [1.54, 1.807) is 12.1 Å². The molecule has 0 aliphatic carbocycles. The Morgan fingerprint density at radius 2 is 1.67 bits per heavy atom. The Bertz CT molecular complexity index is 763. The third-order valence-corrected chi connectivity index (χ3v) is 4.62. The molecule has 0 fully saturated rings. The van der Waals surface area contributed by atoms with Crippen LogP contribution in [0.1, 0.15) is 10.4 Å². The number of anilines is 1. The van der Waals surface area contributed by atoms with Gasteiger partial charge in [0.1, 0.15) is 0 Å². The molecule has 9 heteroatoms. The second-order valence-corrected chi connectivity index (χ2v) is 6.99. The first-order valence-corrected chi connectivity index (χ1v) is 8.82. The van der Waals surface area contributed by atoms with Crippen molar-refractivity contribution in [3.05, 3.63) is 60.6 Å². The Balaban J connectivity index is 1.88. The molecule has 0 radical (unpaired) electrons. The van der Waals surface area contributed by atoms with Crippen molar-refractivity contribution < 1.29 is 9.59 Å². The van der Waals surface area contributed by atoms with Crippen molar-refractivity contribution in [1.82, 2.24) is 10.7 Å². The number of hydrazine groups is 1. The van der Waals surface area contributed by atoms with Crippen molar-refractivity contribution in [2.75, 3.05) is 12.0 Å². The highest BCUT2D eigenvalue weighted by Gasteiger charge is 2.12. The number of nitrogens with one attached hydrogen (secondary N) is 3. The smallest absolute Gasteiger partial charge is 0.257 e. The molecule has 0 heterocycles. The number of hydrogen-bond acceptors (Lipinski definition) is 3. The van der Waals surface area contributed by atoms with E-state index in [4.69, 9.17) is 34.8 Å². The van der Waals surface area contributed by atoms with Gasteiger partial charge in [0.2, 0.25) is 0 Å². The van der Waals surface area contributed by atoms with E-state index in [9.17, 15) is 9.59 Å². The van der Waals surface area contributed by atoms with E-state index >= 15 is 0 Å². The van der Waals surface area contributed by atoms with Crippen molar-refractivity contribution in [2.24, 2.45) is 0 Å². The van der Waals surface area contributed by atoms with Gasteiger partial charge in [-0.25, -0.2) is 0 Å². The summed E-state index contributed by atoms with van der Waals surface area (Å²) in [4.78, 5) is 23.8. The molecule has 0 aliphatic heterocycles. The second-order valence-electron chi connectivity index (χ2n) is 4.58. The van der Waals surface area contributed by atoms with Gasteiger partial charge in [-0.1, -0.05) is 46.9 Å². The summed E-state index contributed by atoms with van der Waals surface area (Å²) in [7, 11) is 0. The van der Waals surface area contributed by atoms with Crippen LogP contribution in [-0.2, 0) is 4.79 Å². The number of carbonyl (C=O) groups is 2. The zero-order chi connectivity index (χ0) is 17.7. The SMILES string of the molecule is O=C(CNC(=O)c1ccccc1I)NNc1c(Cl)cc(Cl)cc1Cl. The first kappa shape index (κ1) is 19.1.